The van der Waals surface area contributed by atoms with Gasteiger partial charge in [0.25, 0.3) is 5.91 Å². The van der Waals surface area contributed by atoms with Crippen molar-refractivity contribution in [1.82, 2.24) is 0 Å². The maximum atomic E-state index is 13.5. The van der Waals surface area contributed by atoms with Crippen molar-refractivity contribution in [2.24, 2.45) is 4.99 Å². The van der Waals surface area contributed by atoms with Gasteiger partial charge in [0.2, 0.25) is 6.08 Å². The zero-order valence-corrected chi connectivity index (χ0v) is 9.14. The minimum Gasteiger partial charge on any atom is -0.481 e. The Morgan fingerprint density at radius 3 is 3.00 bits per heavy atom. The van der Waals surface area contributed by atoms with Crippen molar-refractivity contribution < 1.29 is 18.7 Å². The van der Waals surface area contributed by atoms with Crippen LogP contribution in [0.1, 0.15) is 0 Å². The Bertz CT molecular complexity index is 600. The fourth-order valence-electron chi connectivity index (χ4n) is 1.61. The number of carbonyl (C=O) groups is 1. The van der Waals surface area contributed by atoms with E-state index in [1.54, 1.807) is 0 Å². The van der Waals surface area contributed by atoms with Crippen molar-refractivity contribution in [2.45, 2.75) is 0 Å². The van der Waals surface area contributed by atoms with Crippen molar-refractivity contribution in [2.75, 3.05) is 18.1 Å². The van der Waals surface area contributed by atoms with Gasteiger partial charge in [-0.15, -0.1) is 6.42 Å². The first kappa shape index (κ1) is 11.8. The molecule has 0 saturated heterocycles. The van der Waals surface area contributed by atoms with E-state index in [1.165, 1.54) is 17.0 Å². The molecular formula is C12H7FN2O3. The molecule has 2 rings (SSSR count). The topological polar surface area (TPSA) is 59.0 Å². The molecule has 1 aromatic rings. The minimum atomic E-state index is -0.730. The smallest absolute Gasteiger partial charge is 0.265 e. The van der Waals surface area contributed by atoms with Crippen LogP contribution in [0, 0.1) is 18.2 Å². The molecule has 0 aliphatic carbocycles. The number of hydrogen-bond donors (Lipinski definition) is 0. The van der Waals surface area contributed by atoms with Crippen molar-refractivity contribution in [3.8, 4) is 18.1 Å². The summed E-state index contributed by atoms with van der Waals surface area (Å²) < 4.78 is 18.6. The number of halogens is 1. The summed E-state index contributed by atoms with van der Waals surface area (Å²) in [5.41, 5.74) is 0.0728. The molecule has 1 aromatic carbocycles. The third-order valence-corrected chi connectivity index (χ3v) is 2.39. The number of terminal acetylenes is 1. The van der Waals surface area contributed by atoms with E-state index in [-0.39, 0.29) is 30.5 Å². The van der Waals surface area contributed by atoms with Crippen molar-refractivity contribution in [3.63, 3.8) is 0 Å². The minimum absolute atomic E-state index is 0.0328. The summed E-state index contributed by atoms with van der Waals surface area (Å²) in [6.45, 7) is -0.171. The predicted molar refractivity (Wildman–Crippen MR) is 60.9 cm³/mol. The highest BCUT2D eigenvalue weighted by Crippen LogP contribution is 2.37. The second-order valence-corrected chi connectivity index (χ2v) is 3.45. The Labute approximate surface area is 102 Å². The van der Waals surface area contributed by atoms with Crippen molar-refractivity contribution in [1.29, 1.82) is 0 Å². The standard InChI is InChI=1S/C12H7FN2O3/c1-2-3-15-10-5-9(14-7-16)8(13)4-11(10)18-6-12(15)17/h1,4-5H,3,6H2. The van der Waals surface area contributed by atoms with E-state index in [1.807, 2.05) is 0 Å². The maximum absolute atomic E-state index is 13.5. The Kier molecular flexibility index (Phi) is 3.09. The van der Waals surface area contributed by atoms with E-state index < -0.39 is 5.82 Å². The van der Waals surface area contributed by atoms with Crippen LogP contribution in [0.3, 0.4) is 0 Å². The van der Waals surface area contributed by atoms with E-state index in [2.05, 4.69) is 10.9 Å². The number of amides is 1. The second-order valence-electron chi connectivity index (χ2n) is 3.45. The molecule has 1 aliphatic heterocycles. The third kappa shape index (κ3) is 1.95. The summed E-state index contributed by atoms with van der Waals surface area (Å²) in [5, 5.41) is 0. The van der Waals surface area contributed by atoms with E-state index in [0.29, 0.717) is 5.69 Å². The number of hydrogen-bond acceptors (Lipinski definition) is 4. The molecule has 6 heteroatoms. The quantitative estimate of drug-likeness (QED) is 0.447. The SMILES string of the molecule is C#CCN1C(=O)COc2cc(F)c(N=C=O)cc21. The Balaban J connectivity index is 2.56. The molecule has 0 bridgehead atoms. The van der Waals surface area contributed by atoms with Crippen LogP contribution in [-0.4, -0.2) is 25.1 Å². The van der Waals surface area contributed by atoms with Crippen LogP contribution in [0.4, 0.5) is 15.8 Å². The highest BCUT2D eigenvalue weighted by atomic mass is 19.1. The van der Waals surface area contributed by atoms with Gasteiger partial charge in [0, 0.05) is 6.07 Å². The van der Waals surface area contributed by atoms with Gasteiger partial charge >= 0.3 is 0 Å². The number of isocyanates is 1. The number of benzene rings is 1. The summed E-state index contributed by atoms with van der Waals surface area (Å²) >= 11 is 0. The van der Waals surface area contributed by atoms with Gasteiger partial charge in [-0.3, -0.25) is 9.69 Å². The Morgan fingerprint density at radius 1 is 1.56 bits per heavy atom. The third-order valence-electron chi connectivity index (χ3n) is 2.39. The molecule has 0 atom stereocenters. The average molecular weight is 246 g/mol. The molecule has 18 heavy (non-hydrogen) atoms. The van der Waals surface area contributed by atoms with Gasteiger partial charge in [-0.2, -0.15) is 4.99 Å². The normalized spacial score (nSPS) is 13.1. The van der Waals surface area contributed by atoms with E-state index in [0.717, 1.165) is 6.07 Å². The summed E-state index contributed by atoms with van der Waals surface area (Å²) in [7, 11) is 0. The fraction of sp³-hybridized carbons (Fsp3) is 0.167. The highest BCUT2D eigenvalue weighted by Gasteiger charge is 2.26. The van der Waals surface area contributed by atoms with Gasteiger partial charge in [-0.1, -0.05) is 5.92 Å². The summed E-state index contributed by atoms with van der Waals surface area (Å²) in [5.74, 6) is 1.44. The van der Waals surface area contributed by atoms with Crippen LogP contribution >= 0.6 is 0 Å². The van der Waals surface area contributed by atoms with E-state index >= 15 is 0 Å². The second kappa shape index (κ2) is 4.70. The molecule has 0 aromatic heterocycles. The molecule has 1 amide bonds. The summed E-state index contributed by atoms with van der Waals surface area (Å²) in [6.07, 6.45) is 6.40. The molecule has 0 N–H and O–H groups in total. The van der Waals surface area contributed by atoms with E-state index in [4.69, 9.17) is 11.2 Å². The lowest BCUT2D eigenvalue weighted by atomic mass is 10.2. The highest BCUT2D eigenvalue weighted by molar-refractivity contribution is 5.98. The predicted octanol–water partition coefficient (Wildman–Crippen LogP) is 1.15. The van der Waals surface area contributed by atoms with Gasteiger partial charge in [0.15, 0.2) is 12.4 Å². The van der Waals surface area contributed by atoms with Crippen LogP contribution in [0.25, 0.3) is 0 Å². The Morgan fingerprint density at radius 2 is 2.33 bits per heavy atom. The van der Waals surface area contributed by atoms with Crippen LogP contribution in [-0.2, 0) is 9.59 Å². The van der Waals surface area contributed by atoms with Crippen LogP contribution in [0.5, 0.6) is 5.75 Å². The summed E-state index contributed by atoms with van der Waals surface area (Å²) in [6, 6.07) is 2.28. The first-order chi connectivity index (χ1) is 8.67. The number of fused-ring (bicyclic) bond motifs is 1. The molecule has 0 spiro atoms. The number of anilines is 1. The van der Waals surface area contributed by atoms with Gasteiger partial charge < -0.3 is 4.74 Å². The van der Waals surface area contributed by atoms with Gasteiger partial charge in [-0.25, -0.2) is 9.18 Å². The number of carbonyl (C=O) groups excluding carboxylic acids is 2. The molecule has 5 nitrogen and oxygen atoms in total. The van der Waals surface area contributed by atoms with Gasteiger partial charge in [0.05, 0.1) is 12.2 Å². The lowest BCUT2D eigenvalue weighted by Gasteiger charge is -2.27. The largest absolute Gasteiger partial charge is 0.481 e. The first-order valence-corrected chi connectivity index (χ1v) is 4.95. The number of rotatable bonds is 2. The number of aliphatic imine (C=N–C) groups is 1. The van der Waals surface area contributed by atoms with Crippen LogP contribution < -0.4 is 9.64 Å². The maximum Gasteiger partial charge on any atom is 0.265 e. The van der Waals surface area contributed by atoms with Crippen LogP contribution in [0.2, 0.25) is 0 Å². The van der Waals surface area contributed by atoms with E-state index in [9.17, 15) is 14.0 Å². The molecule has 0 radical (unpaired) electrons. The zero-order valence-electron chi connectivity index (χ0n) is 9.14. The lowest BCUT2D eigenvalue weighted by molar-refractivity contribution is -0.121. The van der Waals surface area contributed by atoms with Gasteiger partial charge in [-0.05, 0) is 6.07 Å². The molecule has 0 fully saturated rings. The van der Waals surface area contributed by atoms with Crippen LogP contribution in [0.15, 0.2) is 17.1 Å². The molecule has 1 aliphatic rings. The van der Waals surface area contributed by atoms with Crippen molar-refractivity contribution in [3.05, 3.63) is 17.9 Å². The average Bonchev–Trinajstić information content (AvgIpc) is 2.35. The molecule has 1 heterocycles. The fourth-order valence-corrected chi connectivity index (χ4v) is 1.61. The lowest BCUT2D eigenvalue weighted by Crippen LogP contribution is -2.39. The van der Waals surface area contributed by atoms with Gasteiger partial charge in [0.1, 0.15) is 11.4 Å². The monoisotopic (exact) mass is 246 g/mol. The summed E-state index contributed by atoms with van der Waals surface area (Å²) in [4.78, 5) is 26.2. The zero-order chi connectivity index (χ0) is 13.1. The number of nitrogens with zero attached hydrogens (tertiary/aromatic N) is 2. The molecule has 90 valence electrons. The first-order valence-electron chi connectivity index (χ1n) is 4.95. The Hall–Kier alpha value is -2.64. The number of ether oxygens (including phenoxy) is 1. The molecular weight excluding hydrogens is 239 g/mol. The van der Waals surface area contributed by atoms with Crippen molar-refractivity contribution >= 4 is 23.4 Å². The molecule has 0 unspecified atom stereocenters. The molecule has 0 saturated carbocycles.